The van der Waals surface area contributed by atoms with Crippen LogP contribution in [0.1, 0.15) is 37.3 Å². The van der Waals surface area contributed by atoms with Crippen LogP contribution < -0.4 is 5.32 Å². The summed E-state index contributed by atoms with van der Waals surface area (Å²) in [6.07, 6.45) is -0.0582. The number of carboxylic acid groups (broad SMARTS) is 1. The van der Waals surface area contributed by atoms with Crippen LogP contribution in [-0.2, 0) is 14.3 Å². The molecule has 0 aromatic heterocycles. The summed E-state index contributed by atoms with van der Waals surface area (Å²) in [5, 5.41) is 11.8. The lowest BCUT2D eigenvalue weighted by Crippen LogP contribution is -2.53. The van der Waals surface area contributed by atoms with Gasteiger partial charge in [-0.05, 0) is 35.6 Å². The molecule has 8 heteroatoms. The van der Waals surface area contributed by atoms with E-state index in [0.29, 0.717) is 12.2 Å². The van der Waals surface area contributed by atoms with Crippen molar-refractivity contribution in [1.29, 1.82) is 0 Å². The molecule has 4 rings (SSSR count). The Morgan fingerprint density at radius 2 is 1.72 bits per heavy atom. The molecule has 1 fully saturated rings. The molecule has 2 N–H and O–H groups in total. The first-order valence-corrected chi connectivity index (χ1v) is 11.7. The van der Waals surface area contributed by atoms with E-state index in [-0.39, 0.29) is 17.9 Å². The second kappa shape index (κ2) is 9.24. The number of aliphatic carboxylic acids is 1. The predicted octanol–water partition coefficient (Wildman–Crippen LogP) is 3.68. The smallest absolute Gasteiger partial charge is 0.407 e. The van der Waals surface area contributed by atoms with Crippen LogP contribution in [0.3, 0.4) is 0 Å². The Morgan fingerprint density at radius 3 is 2.28 bits per heavy atom. The normalized spacial score (nSPS) is 20.4. The van der Waals surface area contributed by atoms with Gasteiger partial charge in [0.1, 0.15) is 18.7 Å². The van der Waals surface area contributed by atoms with E-state index in [1.807, 2.05) is 43.3 Å². The summed E-state index contributed by atoms with van der Waals surface area (Å²) in [6.45, 7) is 3.61. The number of benzene rings is 2. The van der Waals surface area contributed by atoms with Crippen molar-refractivity contribution in [2.24, 2.45) is 0 Å². The van der Waals surface area contributed by atoms with E-state index in [0.717, 1.165) is 22.3 Å². The minimum atomic E-state index is -1.03. The van der Waals surface area contributed by atoms with Gasteiger partial charge in [-0.1, -0.05) is 55.5 Å². The van der Waals surface area contributed by atoms with Crippen LogP contribution in [0.15, 0.2) is 48.5 Å². The van der Waals surface area contributed by atoms with E-state index in [1.165, 1.54) is 16.7 Å². The Bertz CT molecular complexity index is 997. The lowest BCUT2D eigenvalue weighted by molar-refractivity contribution is -0.149. The maximum absolute atomic E-state index is 12.9. The standard InChI is InChI=1S/C24H26N2O5S/c1-3-21-26(20(13-32-21)23(28)29)22(27)14(2)25-24(30)31-12-19-17-10-6-4-8-15(17)16-9-5-7-11-18(16)19/h4-11,14,19-21H,3,12-13H2,1-2H3,(H,25,30)(H,28,29)/t14-,20?,21?/m1/s1. The van der Waals surface area contributed by atoms with Crippen LogP contribution in [0.4, 0.5) is 4.79 Å². The molecular weight excluding hydrogens is 428 g/mol. The molecule has 0 bridgehead atoms. The monoisotopic (exact) mass is 454 g/mol. The predicted molar refractivity (Wildman–Crippen MR) is 122 cm³/mol. The number of rotatable bonds is 6. The van der Waals surface area contributed by atoms with Crippen molar-refractivity contribution in [3.63, 3.8) is 0 Å². The molecule has 168 valence electrons. The summed E-state index contributed by atoms with van der Waals surface area (Å²) in [5.74, 6) is -1.18. The number of carbonyl (C=O) groups excluding carboxylic acids is 2. The number of hydrogen-bond donors (Lipinski definition) is 2. The molecule has 2 unspecified atom stereocenters. The van der Waals surface area contributed by atoms with E-state index < -0.39 is 30.1 Å². The molecule has 1 aliphatic heterocycles. The molecule has 32 heavy (non-hydrogen) atoms. The highest BCUT2D eigenvalue weighted by Gasteiger charge is 2.42. The van der Waals surface area contributed by atoms with Gasteiger partial charge in [-0.25, -0.2) is 9.59 Å². The number of hydrogen-bond acceptors (Lipinski definition) is 5. The summed E-state index contributed by atoms with van der Waals surface area (Å²) >= 11 is 1.45. The average Bonchev–Trinajstić information content (AvgIpc) is 3.36. The molecule has 2 amide bonds. The van der Waals surface area contributed by atoms with E-state index in [9.17, 15) is 19.5 Å². The van der Waals surface area contributed by atoms with Gasteiger partial charge in [0.05, 0.1) is 5.37 Å². The first kappa shape index (κ1) is 22.2. The van der Waals surface area contributed by atoms with Crippen LogP contribution in [0.5, 0.6) is 0 Å². The van der Waals surface area contributed by atoms with Gasteiger partial charge in [-0.3, -0.25) is 4.79 Å². The quantitative estimate of drug-likeness (QED) is 0.691. The lowest BCUT2D eigenvalue weighted by atomic mass is 9.98. The van der Waals surface area contributed by atoms with Gasteiger partial charge in [-0.15, -0.1) is 11.8 Å². The third-order valence-corrected chi connectivity index (χ3v) is 7.48. The van der Waals surface area contributed by atoms with E-state index >= 15 is 0 Å². The van der Waals surface area contributed by atoms with Gasteiger partial charge in [0.25, 0.3) is 0 Å². The largest absolute Gasteiger partial charge is 0.480 e. The Balaban J connectivity index is 1.40. The first-order chi connectivity index (χ1) is 15.4. The number of fused-ring (bicyclic) bond motifs is 3. The fourth-order valence-electron chi connectivity index (χ4n) is 4.47. The van der Waals surface area contributed by atoms with E-state index in [4.69, 9.17) is 4.74 Å². The Kier molecular flexibility index (Phi) is 6.41. The van der Waals surface area contributed by atoms with Crippen molar-refractivity contribution in [3.05, 3.63) is 59.7 Å². The van der Waals surface area contributed by atoms with Crippen molar-refractivity contribution < 1.29 is 24.2 Å². The summed E-state index contributed by atoms with van der Waals surface area (Å²) in [7, 11) is 0. The summed E-state index contributed by atoms with van der Waals surface area (Å²) in [6, 6.07) is 14.3. The minimum absolute atomic E-state index is 0.0741. The highest BCUT2D eigenvalue weighted by molar-refractivity contribution is 8.00. The van der Waals surface area contributed by atoms with E-state index in [2.05, 4.69) is 17.4 Å². The topological polar surface area (TPSA) is 95.9 Å². The fourth-order valence-corrected chi connectivity index (χ4v) is 5.82. The number of nitrogens with zero attached hydrogens (tertiary/aromatic N) is 1. The van der Waals surface area contributed by atoms with Crippen molar-refractivity contribution in [3.8, 4) is 11.1 Å². The average molecular weight is 455 g/mol. The molecule has 2 aromatic carbocycles. The number of thioether (sulfide) groups is 1. The van der Waals surface area contributed by atoms with Crippen LogP contribution in [0, 0.1) is 0 Å². The summed E-state index contributed by atoms with van der Waals surface area (Å²) in [4.78, 5) is 38.4. The van der Waals surface area contributed by atoms with Gasteiger partial charge in [0.2, 0.25) is 5.91 Å². The van der Waals surface area contributed by atoms with Crippen molar-refractivity contribution in [1.82, 2.24) is 10.2 Å². The molecule has 7 nitrogen and oxygen atoms in total. The number of amides is 2. The summed E-state index contributed by atoms with van der Waals surface area (Å²) < 4.78 is 5.51. The van der Waals surface area contributed by atoms with Gasteiger partial charge >= 0.3 is 12.1 Å². The van der Waals surface area contributed by atoms with Crippen LogP contribution in [0.2, 0.25) is 0 Å². The Morgan fingerprint density at radius 1 is 1.12 bits per heavy atom. The van der Waals surface area contributed by atoms with Gasteiger partial charge in [-0.2, -0.15) is 0 Å². The maximum Gasteiger partial charge on any atom is 0.407 e. The van der Waals surface area contributed by atoms with Gasteiger partial charge < -0.3 is 20.1 Å². The number of carboxylic acids is 1. The second-order valence-corrected chi connectivity index (χ2v) is 9.20. The number of ether oxygens (including phenoxy) is 1. The molecule has 1 heterocycles. The molecule has 0 spiro atoms. The number of alkyl carbamates (subject to hydrolysis) is 1. The number of nitrogens with one attached hydrogen (secondary N) is 1. The Labute approximate surface area is 191 Å². The molecule has 1 aliphatic carbocycles. The van der Waals surface area contributed by atoms with Gasteiger partial charge in [0, 0.05) is 11.7 Å². The minimum Gasteiger partial charge on any atom is -0.480 e. The van der Waals surface area contributed by atoms with Crippen LogP contribution in [0.25, 0.3) is 11.1 Å². The molecule has 0 radical (unpaired) electrons. The molecule has 2 aliphatic rings. The van der Waals surface area contributed by atoms with Crippen molar-refractivity contribution in [2.45, 2.75) is 43.6 Å². The summed E-state index contributed by atoms with van der Waals surface area (Å²) in [5.41, 5.74) is 4.49. The number of carbonyl (C=O) groups is 3. The SMILES string of the molecule is CCC1SCC(C(=O)O)N1C(=O)[C@@H](C)NC(=O)OCC1c2ccccc2-c2ccccc21. The molecule has 0 saturated carbocycles. The highest BCUT2D eigenvalue weighted by Crippen LogP contribution is 2.44. The third kappa shape index (κ3) is 4.07. The van der Waals surface area contributed by atoms with E-state index in [1.54, 1.807) is 6.92 Å². The fraction of sp³-hybridized carbons (Fsp3) is 0.375. The Hall–Kier alpha value is -3.00. The first-order valence-electron chi connectivity index (χ1n) is 10.7. The van der Waals surface area contributed by atoms with Gasteiger partial charge in [0.15, 0.2) is 0 Å². The van der Waals surface area contributed by atoms with Crippen LogP contribution in [-0.4, -0.2) is 57.8 Å². The third-order valence-electron chi connectivity index (χ3n) is 6.03. The second-order valence-electron chi connectivity index (χ2n) is 7.99. The lowest BCUT2D eigenvalue weighted by Gasteiger charge is -2.29. The highest BCUT2D eigenvalue weighted by atomic mass is 32.2. The zero-order valence-corrected chi connectivity index (χ0v) is 18.8. The maximum atomic E-state index is 12.9. The molecule has 1 saturated heterocycles. The zero-order chi connectivity index (χ0) is 22.8. The van der Waals surface area contributed by atoms with Crippen LogP contribution >= 0.6 is 11.8 Å². The van der Waals surface area contributed by atoms with Crippen molar-refractivity contribution >= 4 is 29.7 Å². The zero-order valence-electron chi connectivity index (χ0n) is 18.0. The molecule has 2 aromatic rings. The van der Waals surface area contributed by atoms with Crippen molar-refractivity contribution in [2.75, 3.05) is 12.4 Å². The molecule has 3 atom stereocenters. The molecular formula is C24H26N2O5S.